The average Bonchev–Trinajstić information content (AvgIpc) is 2.61. The van der Waals surface area contributed by atoms with Crippen molar-refractivity contribution in [3.63, 3.8) is 0 Å². The van der Waals surface area contributed by atoms with E-state index in [0.29, 0.717) is 45.2 Å². The Morgan fingerprint density at radius 2 is 1.75 bits per heavy atom. The molecule has 0 N–H and O–H groups in total. The van der Waals surface area contributed by atoms with Crippen molar-refractivity contribution in [2.45, 2.75) is 36.5 Å². The van der Waals surface area contributed by atoms with Gasteiger partial charge in [-0.25, -0.2) is 17.8 Å². The van der Waals surface area contributed by atoms with Gasteiger partial charge in [-0.3, -0.25) is 4.90 Å². The molecule has 0 unspecified atom stereocenters. The molecule has 2 fully saturated rings. The minimum Gasteiger partial charge on any atom is -0.381 e. The lowest BCUT2D eigenvalue weighted by Gasteiger charge is -2.39. The molecule has 6 nitrogen and oxygen atoms in total. The third-order valence-electron chi connectivity index (χ3n) is 5.17. The zero-order chi connectivity index (χ0) is 20.6. The van der Waals surface area contributed by atoms with E-state index in [-0.39, 0.29) is 30.2 Å². The molecule has 2 aliphatic heterocycles. The minimum atomic E-state index is -4.63. The summed E-state index contributed by atoms with van der Waals surface area (Å²) < 4.78 is 85.1. The van der Waals surface area contributed by atoms with E-state index in [9.17, 15) is 26.0 Å². The van der Waals surface area contributed by atoms with Gasteiger partial charge in [-0.1, -0.05) is 0 Å². The molecule has 2 aliphatic rings. The number of aryl methyl sites for hydroxylation is 1. The van der Waals surface area contributed by atoms with Crippen LogP contribution in [-0.2, 0) is 20.9 Å². The van der Waals surface area contributed by atoms with Crippen LogP contribution in [0.1, 0.15) is 24.2 Å². The van der Waals surface area contributed by atoms with Gasteiger partial charge in [0.05, 0.1) is 5.69 Å². The first-order chi connectivity index (χ1) is 13.0. The molecule has 0 atom stereocenters. The van der Waals surface area contributed by atoms with Gasteiger partial charge in [0.25, 0.3) is 0 Å². The zero-order valence-corrected chi connectivity index (χ0v) is 16.3. The van der Waals surface area contributed by atoms with Crippen molar-refractivity contribution in [2.24, 2.45) is 0 Å². The van der Waals surface area contributed by atoms with E-state index in [0.717, 1.165) is 6.07 Å². The minimum absolute atomic E-state index is 0.148. The van der Waals surface area contributed by atoms with Gasteiger partial charge in [0.2, 0.25) is 10.0 Å². The molecule has 0 radical (unpaired) electrons. The van der Waals surface area contributed by atoms with Crippen molar-refractivity contribution in [3.05, 3.63) is 23.5 Å². The summed E-state index contributed by atoms with van der Waals surface area (Å²) in [5.41, 5.74) is -2.65. The molecular weight excluding hydrogens is 402 g/mol. The number of sulfonamides is 1. The molecule has 0 saturated carbocycles. The van der Waals surface area contributed by atoms with Gasteiger partial charge in [-0.2, -0.15) is 17.5 Å². The first-order valence-corrected chi connectivity index (χ1v) is 10.5. The average molecular weight is 425 g/mol. The van der Waals surface area contributed by atoms with Crippen molar-refractivity contribution >= 4 is 10.0 Å². The Labute approximate surface area is 161 Å². The van der Waals surface area contributed by atoms with Crippen LogP contribution in [0.3, 0.4) is 0 Å². The first kappa shape index (κ1) is 21.4. The largest absolute Gasteiger partial charge is 0.433 e. The van der Waals surface area contributed by atoms with Crippen LogP contribution < -0.4 is 0 Å². The van der Waals surface area contributed by atoms with Gasteiger partial charge in [-0.15, -0.1) is 0 Å². The quantitative estimate of drug-likeness (QED) is 0.693. The number of rotatable bonds is 4. The second-order valence-electron chi connectivity index (χ2n) is 7.22. The Hall–Kier alpha value is -1.30. The summed E-state index contributed by atoms with van der Waals surface area (Å²) >= 11 is 0. The van der Waals surface area contributed by atoms with Gasteiger partial charge < -0.3 is 4.74 Å². The van der Waals surface area contributed by atoms with Crippen molar-refractivity contribution in [2.75, 3.05) is 45.9 Å². The maximum atomic E-state index is 14.8. The fourth-order valence-electron chi connectivity index (χ4n) is 3.54. The molecule has 2 saturated heterocycles. The van der Waals surface area contributed by atoms with Crippen LogP contribution in [-0.4, -0.2) is 74.2 Å². The SMILES string of the molecule is Cc1nc(C(F)(F)F)ccc1S(=O)(=O)N1CCN(CC2(F)CCOCC2)CC1. The van der Waals surface area contributed by atoms with E-state index in [2.05, 4.69) is 4.98 Å². The number of halogens is 4. The molecule has 0 amide bonds. The number of hydrogen-bond acceptors (Lipinski definition) is 5. The van der Waals surface area contributed by atoms with Crippen LogP contribution in [0, 0.1) is 6.92 Å². The molecule has 0 spiro atoms. The highest BCUT2D eigenvalue weighted by molar-refractivity contribution is 7.89. The van der Waals surface area contributed by atoms with Crippen LogP contribution in [0.5, 0.6) is 0 Å². The smallest absolute Gasteiger partial charge is 0.381 e. The van der Waals surface area contributed by atoms with Gasteiger partial charge in [0, 0.05) is 58.8 Å². The third kappa shape index (κ3) is 4.64. The number of pyridine rings is 1. The summed E-state index contributed by atoms with van der Waals surface area (Å²) in [7, 11) is -3.96. The molecular formula is C17H23F4N3O3S. The Bertz CT molecular complexity index is 802. The summed E-state index contributed by atoms with van der Waals surface area (Å²) in [6.45, 7) is 3.25. The second-order valence-corrected chi connectivity index (χ2v) is 9.13. The number of piperazine rings is 1. The maximum absolute atomic E-state index is 14.8. The fraction of sp³-hybridized carbons (Fsp3) is 0.706. The normalized spacial score (nSPS) is 22.3. The maximum Gasteiger partial charge on any atom is 0.433 e. The topological polar surface area (TPSA) is 62.7 Å². The predicted molar refractivity (Wildman–Crippen MR) is 93.1 cm³/mol. The van der Waals surface area contributed by atoms with E-state index < -0.39 is 27.6 Å². The van der Waals surface area contributed by atoms with E-state index in [1.165, 1.54) is 11.2 Å². The third-order valence-corrected chi connectivity index (χ3v) is 7.20. The lowest BCUT2D eigenvalue weighted by molar-refractivity contribution is -0.141. The second kappa shape index (κ2) is 7.85. The molecule has 3 rings (SSSR count). The van der Waals surface area contributed by atoms with Crippen molar-refractivity contribution in [1.29, 1.82) is 0 Å². The van der Waals surface area contributed by atoms with E-state index >= 15 is 0 Å². The van der Waals surface area contributed by atoms with Crippen LogP contribution in [0.25, 0.3) is 0 Å². The van der Waals surface area contributed by atoms with E-state index in [4.69, 9.17) is 4.74 Å². The summed E-state index contributed by atoms with van der Waals surface area (Å²) in [6.07, 6.45) is -3.99. The number of hydrogen-bond donors (Lipinski definition) is 0. The molecule has 3 heterocycles. The van der Waals surface area contributed by atoms with Crippen LogP contribution in [0.2, 0.25) is 0 Å². The molecule has 0 bridgehead atoms. The monoisotopic (exact) mass is 425 g/mol. The Morgan fingerprint density at radius 1 is 1.14 bits per heavy atom. The molecule has 0 aliphatic carbocycles. The van der Waals surface area contributed by atoms with E-state index in [1.807, 2.05) is 4.90 Å². The Morgan fingerprint density at radius 3 is 2.29 bits per heavy atom. The molecule has 11 heteroatoms. The number of ether oxygens (including phenoxy) is 1. The van der Waals surface area contributed by atoms with Gasteiger partial charge >= 0.3 is 6.18 Å². The van der Waals surface area contributed by atoms with Gasteiger partial charge in [0.1, 0.15) is 16.3 Å². The van der Waals surface area contributed by atoms with Crippen molar-refractivity contribution in [3.8, 4) is 0 Å². The summed E-state index contributed by atoms with van der Waals surface area (Å²) in [5, 5.41) is 0. The molecule has 28 heavy (non-hydrogen) atoms. The van der Waals surface area contributed by atoms with E-state index in [1.54, 1.807) is 0 Å². The predicted octanol–water partition coefficient (Wildman–Crippen LogP) is 2.23. The van der Waals surface area contributed by atoms with Gasteiger partial charge in [0.15, 0.2) is 0 Å². The molecule has 1 aromatic heterocycles. The first-order valence-electron chi connectivity index (χ1n) is 9.05. The zero-order valence-electron chi connectivity index (χ0n) is 15.5. The summed E-state index contributed by atoms with van der Waals surface area (Å²) in [4.78, 5) is 5.05. The van der Waals surface area contributed by atoms with Crippen LogP contribution in [0.15, 0.2) is 17.0 Å². The van der Waals surface area contributed by atoms with Crippen molar-refractivity contribution < 1.29 is 30.7 Å². The lowest BCUT2D eigenvalue weighted by atomic mass is 9.95. The van der Waals surface area contributed by atoms with Crippen LogP contribution >= 0.6 is 0 Å². The van der Waals surface area contributed by atoms with Crippen molar-refractivity contribution in [1.82, 2.24) is 14.2 Å². The number of alkyl halides is 4. The number of nitrogens with zero attached hydrogens (tertiary/aromatic N) is 3. The fourth-order valence-corrected chi connectivity index (χ4v) is 5.12. The lowest BCUT2D eigenvalue weighted by Crippen LogP contribution is -2.53. The summed E-state index contributed by atoms with van der Waals surface area (Å²) in [5.74, 6) is 0. The molecule has 158 valence electrons. The Kier molecular flexibility index (Phi) is 6.00. The number of aromatic nitrogens is 1. The summed E-state index contributed by atoms with van der Waals surface area (Å²) in [6, 6.07) is 1.62. The molecule has 1 aromatic rings. The standard InChI is InChI=1S/C17H23F4N3O3S/c1-13-14(2-3-15(22-13)17(19,20)21)28(25,26)24-8-6-23(7-9-24)12-16(18)4-10-27-11-5-16/h2-3H,4-12H2,1H3. The van der Waals surface area contributed by atoms with Crippen LogP contribution in [0.4, 0.5) is 17.6 Å². The Balaban J connectivity index is 1.66. The highest BCUT2D eigenvalue weighted by Crippen LogP contribution is 2.30. The molecule has 0 aromatic carbocycles. The highest BCUT2D eigenvalue weighted by Gasteiger charge is 2.38. The highest BCUT2D eigenvalue weighted by atomic mass is 32.2. The van der Waals surface area contributed by atoms with Gasteiger partial charge in [-0.05, 0) is 19.1 Å².